The summed E-state index contributed by atoms with van der Waals surface area (Å²) in [5, 5.41) is 4.46. The van der Waals surface area contributed by atoms with E-state index in [4.69, 9.17) is 11.6 Å². The molecule has 0 radical (unpaired) electrons. The third-order valence-electron chi connectivity index (χ3n) is 2.26. The van der Waals surface area contributed by atoms with Crippen molar-refractivity contribution in [3.8, 4) is 0 Å². The van der Waals surface area contributed by atoms with Crippen LogP contribution in [-0.4, -0.2) is 17.3 Å². The molecule has 2 nitrogen and oxygen atoms in total. The van der Waals surface area contributed by atoms with Crippen molar-refractivity contribution >= 4 is 33.4 Å². The van der Waals surface area contributed by atoms with Gasteiger partial charge in [0, 0.05) is 16.4 Å². The molecule has 1 amide bonds. The van der Waals surface area contributed by atoms with Crippen molar-refractivity contribution < 1.29 is 4.79 Å². The van der Waals surface area contributed by atoms with E-state index in [1.165, 1.54) is 0 Å². The highest BCUT2D eigenvalue weighted by Gasteiger charge is 2.09. The smallest absolute Gasteiger partial charge is 0.224 e. The topological polar surface area (TPSA) is 29.1 Å². The van der Waals surface area contributed by atoms with Crippen LogP contribution in [0.2, 0.25) is 5.02 Å². The average molecular weight is 305 g/mol. The van der Waals surface area contributed by atoms with E-state index >= 15 is 0 Å². The lowest BCUT2D eigenvalue weighted by Crippen LogP contribution is -2.33. The first kappa shape index (κ1) is 13.5. The summed E-state index contributed by atoms with van der Waals surface area (Å²) in [7, 11) is 0. The molecule has 0 aliphatic rings. The Balaban J connectivity index is 2.49. The third-order valence-corrected chi connectivity index (χ3v) is 3.08. The predicted octanol–water partition coefficient (Wildman–Crippen LogP) is 3.17. The Hall–Kier alpha value is -0.540. The zero-order chi connectivity index (χ0) is 12.0. The molecular formula is C12H15BrClNO. The Morgan fingerprint density at radius 2 is 2.19 bits per heavy atom. The normalized spacial score (nSPS) is 12.2. The fourth-order valence-corrected chi connectivity index (χ4v) is 2.27. The Morgan fingerprint density at radius 1 is 1.50 bits per heavy atom. The van der Waals surface area contributed by atoms with Crippen molar-refractivity contribution in [1.82, 2.24) is 5.32 Å². The lowest BCUT2D eigenvalue weighted by Gasteiger charge is -2.12. The van der Waals surface area contributed by atoms with Crippen LogP contribution in [0.25, 0.3) is 0 Å². The summed E-state index contributed by atoms with van der Waals surface area (Å²) < 4.78 is 0. The maximum atomic E-state index is 11.7. The zero-order valence-electron chi connectivity index (χ0n) is 9.17. The van der Waals surface area contributed by atoms with Gasteiger partial charge in [-0.25, -0.2) is 0 Å². The van der Waals surface area contributed by atoms with Gasteiger partial charge in [0.15, 0.2) is 0 Å². The minimum Gasteiger partial charge on any atom is -0.353 e. The summed E-state index contributed by atoms with van der Waals surface area (Å²) in [5.41, 5.74) is 0.868. The number of rotatable bonds is 5. The molecule has 16 heavy (non-hydrogen) atoms. The number of benzene rings is 1. The lowest BCUT2D eigenvalue weighted by molar-refractivity contribution is -0.121. The Kier molecular flexibility index (Phi) is 5.85. The van der Waals surface area contributed by atoms with Crippen molar-refractivity contribution in [2.24, 2.45) is 0 Å². The number of carbonyl (C=O) groups is 1. The number of hydrogen-bond acceptors (Lipinski definition) is 1. The van der Waals surface area contributed by atoms with Gasteiger partial charge in [0.2, 0.25) is 5.91 Å². The second kappa shape index (κ2) is 6.92. The van der Waals surface area contributed by atoms with Crippen LogP contribution in [0.4, 0.5) is 0 Å². The van der Waals surface area contributed by atoms with Gasteiger partial charge in [-0.2, -0.15) is 0 Å². The first-order valence-electron chi connectivity index (χ1n) is 5.22. The second-order valence-corrected chi connectivity index (χ2v) is 4.91. The van der Waals surface area contributed by atoms with E-state index in [-0.39, 0.29) is 11.9 Å². The van der Waals surface area contributed by atoms with E-state index in [1.807, 2.05) is 25.1 Å². The van der Waals surface area contributed by atoms with Crippen molar-refractivity contribution in [3.05, 3.63) is 34.9 Å². The van der Waals surface area contributed by atoms with Crippen molar-refractivity contribution in [2.75, 3.05) is 5.33 Å². The number of carbonyl (C=O) groups excluding carboxylic acids is 1. The standard InChI is InChI=1S/C12H15BrClNO/c1-9(6-7-13)15-12(16)8-10-4-2-3-5-11(10)14/h2-5,9H,6-8H2,1H3,(H,15,16). The van der Waals surface area contributed by atoms with Gasteiger partial charge in [0.05, 0.1) is 6.42 Å². The van der Waals surface area contributed by atoms with E-state index in [9.17, 15) is 4.79 Å². The van der Waals surface area contributed by atoms with Crippen LogP contribution in [0.1, 0.15) is 18.9 Å². The first-order chi connectivity index (χ1) is 7.63. The molecule has 0 aromatic heterocycles. The summed E-state index contributed by atoms with van der Waals surface area (Å²) in [5.74, 6) is 0.0153. The maximum absolute atomic E-state index is 11.7. The van der Waals surface area contributed by atoms with E-state index in [2.05, 4.69) is 21.2 Å². The summed E-state index contributed by atoms with van der Waals surface area (Å²) >= 11 is 9.32. The van der Waals surface area contributed by atoms with Gasteiger partial charge in [-0.15, -0.1) is 0 Å². The van der Waals surface area contributed by atoms with Crippen molar-refractivity contribution in [1.29, 1.82) is 0 Å². The predicted molar refractivity (Wildman–Crippen MR) is 71.2 cm³/mol. The van der Waals surface area contributed by atoms with Gasteiger partial charge in [-0.3, -0.25) is 4.79 Å². The monoisotopic (exact) mass is 303 g/mol. The summed E-state index contributed by atoms with van der Waals surface area (Å²) in [6, 6.07) is 7.60. The third kappa shape index (κ3) is 4.54. The molecule has 1 N–H and O–H groups in total. The molecule has 0 saturated heterocycles. The molecule has 1 unspecified atom stereocenters. The second-order valence-electron chi connectivity index (χ2n) is 3.71. The minimum atomic E-state index is 0.0153. The van der Waals surface area contributed by atoms with Crippen LogP contribution in [0.5, 0.6) is 0 Å². The van der Waals surface area contributed by atoms with E-state index in [0.717, 1.165) is 17.3 Å². The minimum absolute atomic E-state index is 0.0153. The molecule has 0 heterocycles. The average Bonchev–Trinajstić information content (AvgIpc) is 2.21. The van der Waals surface area contributed by atoms with Crippen LogP contribution in [-0.2, 0) is 11.2 Å². The largest absolute Gasteiger partial charge is 0.353 e. The van der Waals surface area contributed by atoms with Crippen LogP contribution in [0, 0.1) is 0 Å². The molecular weight excluding hydrogens is 289 g/mol. The molecule has 0 bridgehead atoms. The molecule has 88 valence electrons. The summed E-state index contributed by atoms with van der Waals surface area (Å²) in [6.07, 6.45) is 1.26. The molecule has 0 fully saturated rings. The quantitative estimate of drug-likeness (QED) is 0.832. The number of hydrogen-bond donors (Lipinski definition) is 1. The van der Waals surface area contributed by atoms with E-state index < -0.39 is 0 Å². The van der Waals surface area contributed by atoms with E-state index in [0.29, 0.717) is 11.4 Å². The fourth-order valence-electron chi connectivity index (χ4n) is 1.38. The van der Waals surface area contributed by atoms with Crippen LogP contribution < -0.4 is 5.32 Å². The molecule has 0 aliphatic carbocycles. The van der Waals surface area contributed by atoms with Gasteiger partial charge in [-0.05, 0) is 25.0 Å². The van der Waals surface area contributed by atoms with Crippen LogP contribution in [0.3, 0.4) is 0 Å². The Bertz CT molecular complexity index is 357. The summed E-state index contributed by atoms with van der Waals surface area (Å²) in [6.45, 7) is 1.99. The highest BCUT2D eigenvalue weighted by Crippen LogP contribution is 2.15. The van der Waals surface area contributed by atoms with Crippen LogP contribution in [0.15, 0.2) is 24.3 Å². The molecule has 1 atom stereocenters. The van der Waals surface area contributed by atoms with Gasteiger partial charge in [0.1, 0.15) is 0 Å². The van der Waals surface area contributed by atoms with Gasteiger partial charge < -0.3 is 5.32 Å². The van der Waals surface area contributed by atoms with Gasteiger partial charge >= 0.3 is 0 Å². The number of amides is 1. The Labute approximate surface area is 110 Å². The number of nitrogens with one attached hydrogen (secondary N) is 1. The van der Waals surface area contributed by atoms with Crippen LogP contribution >= 0.6 is 27.5 Å². The van der Waals surface area contributed by atoms with Gasteiger partial charge in [0.25, 0.3) is 0 Å². The molecule has 1 aromatic carbocycles. The first-order valence-corrected chi connectivity index (χ1v) is 6.72. The molecule has 0 aliphatic heterocycles. The SMILES string of the molecule is CC(CCBr)NC(=O)Cc1ccccc1Cl. The van der Waals surface area contributed by atoms with E-state index in [1.54, 1.807) is 6.07 Å². The summed E-state index contributed by atoms with van der Waals surface area (Å²) in [4.78, 5) is 11.7. The maximum Gasteiger partial charge on any atom is 0.224 e. The molecule has 0 saturated carbocycles. The Morgan fingerprint density at radius 3 is 2.81 bits per heavy atom. The van der Waals surface area contributed by atoms with Crippen molar-refractivity contribution in [2.45, 2.75) is 25.8 Å². The molecule has 1 rings (SSSR count). The molecule has 0 spiro atoms. The number of alkyl halides is 1. The fraction of sp³-hybridized carbons (Fsp3) is 0.417. The van der Waals surface area contributed by atoms with Crippen molar-refractivity contribution in [3.63, 3.8) is 0 Å². The highest BCUT2D eigenvalue weighted by molar-refractivity contribution is 9.09. The lowest BCUT2D eigenvalue weighted by atomic mass is 10.1. The highest BCUT2D eigenvalue weighted by atomic mass is 79.9. The zero-order valence-corrected chi connectivity index (χ0v) is 11.5. The number of halogens is 2. The molecule has 4 heteroatoms. The molecule has 1 aromatic rings. The van der Waals surface area contributed by atoms with Gasteiger partial charge in [-0.1, -0.05) is 45.7 Å².